The first kappa shape index (κ1) is 21.3. The van der Waals surface area contributed by atoms with Crippen LogP contribution in [0, 0.1) is 0 Å². The second-order valence-corrected chi connectivity index (χ2v) is 7.15. The Bertz CT molecular complexity index is 1090. The van der Waals surface area contributed by atoms with Gasteiger partial charge >= 0.3 is 5.97 Å². The van der Waals surface area contributed by atoms with E-state index in [1.165, 1.54) is 20.3 Å². The van der Waals surface area contributed by atoms with Gasteiger partial charge in [-0.2, -0.15) is 0 Å². The van der Waals surface area contributed by atoms with Crippen molar-refractivity contribution in [3.8, 4) is 17.2 Å². The number of halogens is 1. The van der Waals surface area contributed by atoms with Crippen LogP contribution in [0.3, 0.4) is 0 Å². The standard InChI is InChI=1S/C24H19BrO5/c1-28-19-11-13-23(29-2)21(15-19)22(26)12-6-16-4-3-5-20(14-16)30-24(27)17-7-9-18(25)10-8-17/h3-15H,1-2H3/b12-6+. The topological polar surface area (TPSA) is 61.8 Å². The third-order valence-electron chi connectivity index (χ3n) is 4.25. The number of ketones is 1. The van der Waals surface area contributed by atoms with Crippen LogP contribution in [-0.4, -0.2) is 26.0 Å². The van der Waals surface area contributed by atoms with E-state index >= 15 is 0 Å². The molecule has 0 atom stereocenters. The average Bonchev–Trinajstić information content (AvgIpc) is 2.77. The van der Waals surface area contributed by atoms with Crippen LogP contribution < -0.4 is 14.2 Å². The molecule has 3 aromatic rings. The Kier molecular flexibility index (Phi) is 7.03. The van der Waals surface area contributed by atoms with E-state index in [9.17, 15) is 9.59 Å². The van der Waals surface area contributed by atoms with E-state index < -0.39 is 5.97 Å². The van der Waals surface area contributed by atoms with Gasteiger partial charge in [-0.3, -0.25) is 4.79 Å². The Hall–Kier alpha value is -3.38. The van der Waals surface area contributed by atoms with Crippen LogP contribution in [0.15, 0.2) is 77.3 Å². The van der Waals surface area contributed by atoms with Gasteiger partial charge in [0.2, 0.25) is 0 Å². The van der Waals surface area contributed by atoms with Gasteiger partial charge in [0, 0.05) is 4.47 Å². The van der Waals surface area contributed by atoms with Gasteiger partial charge in [0.15, 0.2) is 5.78 Å². The van der Waals surface area contributed by atoms with Gasteiger partial charge in [-0.1, -0.05) is 34.1 Å². The average molecular weight is 467 g/mol. The van der Waals surface area contributed by atoms with Crippen molar-refractivity contribution in [1.82, 2.24) is 0 Å². The van der Waals surface area contributed by atoms with Crippen LogP contribution in [0.2, 0.25) is 0 Å². The Morgan fingerprint density at radius 2 is 1.63 bits per heavy atom. The minimum absolute atomic E-state index is 0.233. The monoisotopic (exact) mass is 466 g/mol. The molecule has 0 spiro atoms. The molecule has 0 N–H and O–H groups in total. The number of carbonyl (C=O) groups excluding carboxylic acids is 2. The van der Waals surface area contributed by atoms with E-state index in [0.29, 0.717) is 33.9 Å². The maximum absolute atomic E-state index is 12.6. The lowest BCUT2D eigenvalue weighted by atomic mass is 10.1. The molecule has 152 valence electrons. The second kappa shape index (κ2) is 9.89. The predicted octanol–water partition coefficient (Wildman–Crippen LogP) is 5.58. The van der Waals surface area contributed by atoms with E-state index in [0.717, 1.165) is 4.47 Å². The minimum atomic E-state index is -0.458. The Labute approximate surface area is 183 Å². The summed E-state index contributed by atoms with van der Waals surface area (Å²) in [6.07, 6.45) is 3.09. The molecular weight excluding hydrogens is 448 g/mol. The molecule has 5 nitrogen and oxygen atoms in total. The SMILES string of the molecule is COc1ccc(OC)c(C(=O)/C=C/c2cccc(OC(=O)c3ccc(Br)cc3)c2)c1. The van der Waals surface area contributed by atoms with Gasteiger partial charge in [-0.25, -0.2) is 4.79 Å². The maximum atomic E-state index is 12.6. The van der Waals surface area contributed by atoms with Crippen molar-refractivity contribution in [3.05, 3.63) is 94.0 Å². The molecule has 30 heavy (non-hydrogen) atoms. The summed E-state index contributed by atoms with van der Waals surface area (Å²) >= 11 is 3.33. The van der Waals surface area contributed by atoms with Crippen molar-refractivity contribution in [2.45, 2.75) is 0 Å². The van der Waals surface area contributed by atoms with Gasteiger partial charge in [0.1, 0.15) is 17.2 Å². The first-order valence-corrected chi connectivity index (χ1v) is 9.81. The molecule has 0 unspecified atom stereocenters. The van der Waals surface area contributed by atoms with Crippen molar-refractivity contribution >= 4 is 33.8 Å². The van der Waals surface area contributed by atoms with E-state index in [4.69, 9.17) is 14.2 Å². The zero-order valence-corrected chi connectivity index (χ0v) is 18.0. The lowest BCUT2D eigenvalue weighted by Crippen LogP contribution is -2.08. The summed E-state index contributed by atoms with van der Waals surface area (Å²) in [5, 5.41) is 0. The highest BCUT2D eigenvalue weighted by atomic mass is 79.9. The molecule has 0 aliphatic heterocycles. The van der Waals surface area contributed by atoms with E-state index in [1.54, 1.807) is 66.7 Å². The number of rotatable bonds is 7. The van der Waals surface area contributed by atoms with Crippen LogP contribution in [0.25, 0.3) is 6.08 Å². The molecule has 0 aliphatic carbocycles. The summed E-state index contributed by atoms with van der Waals surface area (Å²) in [6.45, 7) is 0. The summed E-state index contributed by atoms with van der Waals surface area (Å²) in [7, 11) is 3.04. The quantitative estimate of drug-likeness (QED) is 0.197. The zero-order valence-electron chi connectivity index (χ0n) is 16.4. The minimum Gasteiger partial charge on any atom is -0.497 e. The van der Waals surface area contributed by atoms with Crippen LogP contribution >= 0.6 is 15.9 Å². The first-order chi connectivity index (χ1) is 14.5. The van der Waals surface area contributed by atoms with Gasteiger partial charge < -0.3 is 14.2 Å². The van der Waals surface area contributed by atoms with Crippen molar-refractivity contribution in [3.63, 3.8) is 0 Å². The smallest absolute Gasteiger partial charge is 0.343 e. The number of methoxy groups -OCH3 is 2. The summed E-state index contributed by atoms with van der Waals surface area (Å²) in [4.78, 5) is 24.9. The molecule has 0 bridgehead atoms. The molecule has 0 heterocycles. The van der Waals surface area contributed by atoms with Crippen molar-refractivity contribution in [2.75, 3.05) is 14.2 Å². The highest BCUT2D eigenvalue weighted by molar-refractivity contribution is 9.10. The fourth-order valence-electron chi connectivity index (χ4n) is 2.70. The molecule has 0 aliphatic rings. The summed E-state index contributed by atoms with van der Waals surface area (Å²) in [6, 6.07) is 18.9. The number of hydrogen-bond acceptors (Lipinski definition) is 5. The molecule has 3 aromatic carbocycles. The van der Waals surface area contributed by atoms with Crippen LogP contribution in [-0.2, 0) is 0 Å². The lowest BCUT2D eigenvalue weighted by Gasteiger charge is -2.08. The zero-order chi connectivity index (χ0) is 21.5. The Morgan fingerprint density at radius 3 is 2.33 bits per heavy atom. The molecule has 0 radical (unpaired) electrons. The molecule has 0 saturated carbocycles. The first-order valence-electron chi connectivity index (χ1n) is 9.02. The van der Waals surface area contributed by atoms with Crippen LogP contribution in [0.1, 0.15) is 26.3 Å². The number of carbonyl (C=O) groups is 2. The number of benzene rings is 3. The predicted molar refractivity (Wildman–Crippen MR) is 118 cm³/mol. The number of hydrogen-bond donors (Lipinski definition) is 0. The third kappa shape index (κ3) is 5.36. The van der Waals surface area contributed by atoms with Gasteiger partial charge in [-0.15, -0.1) is 0 Å². The van der Waals surface area contributed by atoms with E-state index in [-0.39, 0.29) is 5.78 Å². The van der Waals surface area contributed by atoms with Crippen LogP contribution in [0.5, 0.6) is 17.2 Å². The lowest BCUT2D eigenvalue weighted by molar-refractivity contribution is 0.0734. The highest BCUT2D eigenvalue weighted by Gasteiger charge is 2.12. The largest absolute Gasteiger partial charge is 0.497 e. The fraction of sp³-hybridized carbons (Fsp3) is 0.0833. The summed E-state index contributed by atoms with van der Waals surface area (Å²) in [5.41, 5.74) is 1.55. The maximum Gasteiger partial charge on any atom is 0.343 e. The number of allylic oxidation sites excluding steroid dienone is 1. The molecule has 0 aromatic heterocycles. The van der Waals surface area contributed by atoms with E-state index in [2.05, 4.69) is 15.9 Å². The van der Waals surface area contributed by atoms with Crippen LogP contribution in [0.4, 0.5) is 0 Å². The third-order valence-corrected chi connectivity index (χ3v) is 4.78. The molecular formula is C24H19BrO5. The van der Waals surface area contributed by atoms with Gasteiger partial charge in [0.05, 0.1) is 25.3 Å². The Morgan fingerprint density at radius 1 is 0.867 bits per heavy atom. The molecule has 0 amide bonds. The molecule has 0 saturated heterocycles. The van der Waals surface area contributed by atoms with Crippen molar-refractivity contribution in [2.24, 2.45) is 0 Å². The molecule has 0 fully saturated rings. The van der Waals surface area contributed by atoms with Gasteiger partial charge in [-0.05, 0) is 66.2 Å². The van der Waals surface area contributed by atoms with E-state index in [1.807, 2.05) is 6.07 Å². The normalized spacial score (nSPS) is 10.6. The number of esters is 1. The highest BCUT2D eigenvalue weighted by Crippen LogP contribution is 2.25. The van der Waals surface area contributed by atoms with Crippen molar-refractivity contribution in [1.29, 1.82) is 0 Å². The molecule has 6 heteroatoms. The summed E-state index contributed by atoms with van der Waals surface area (Å²) < 4.78 is 16.7. The van der Waals surface area contributed by atoms with Crippen molar-refractivity contribution < 1.29 is 23.8 Å². The van der Waals surface area contributed by atoms with Gasteiger partial charge in [0.25, 0.3) is 0 Å². The number of ether oxygens (including phenoxy) is 3. The Balaban J connectivity index is 1.75. The summed E-state index contributed by atoms with van der Waals surface area (Å²) in [5.74, 6) is 0.720. The second-order valence-electron chi connectivity index (χ2n) is 6.23. The fourth-order valence-corrected chi connectivity index (χ4v) is 2.97. The molecule has 3 rings (SSSR count).